The maximum absolute atomic E-state index is 13.7. The van der Waals surface area contributed by atoms with Crippen LogP contribution in [0.3, 0.4) is 0 Å². The SMILES string of the molecule is CN(c1ccccc1C#N)S(=O)(=O)c1ccc(F)cc1F. The normalized spacial score (nSPS) is 11.0. The Morgan fingerprint density at radius 1 is 1.14 bits per heavy atom. The van der Waals surface area contributed by atoms with Crippen LogP contribution < -0.4 is 4.31 Å². The van der Waals surface area contributed by atoms with Crippen LogP contribution >= 0.6 is 0 Å². The van der Waals surface area contributed by atoms with Crippen LogP contribution in [0.5, 0.6) is 0 Å². The molecule has 7 heteroatoms. The molecule has 108 valence electrons. The van der Waals surface area contributed by atoms with Crippen LogP contribution in [0.15, 0.2) is 47.4 Å². The van der Waals surface area contributed by atoms with Gasteiger partial charge in [-0.2, -0.15) is 5.26 Å². The Labute approximate surface area is 120 Å². The van der Waals surface area contributed by atoms with Gasteiger partial charge in [0.05, 0.1) is 11.3 Å². The second-order valence-corrected chi connectivity index (χ2v) is 6.11. The topological polar surface area (TPSA) is 61.2 Å². The van der Waals surface area contributed by atoms with Gasteiger partial charge < -0.3 is 0 Å². The first kappa shape index (κ1) is 14.9. The molecule has 0 aliphatic heterocycles. The number of halogens is 2. The van der Waals surface area contributed by atoms with E-state index in [2.05, 4.69) is 0 Å². The van der Waals surface area contributed by atoms with Gasteiger partial charge in [0, 0.05) is 13.1 Å². The zero-order chi connectivity index (χ0) is 15.6. The van der Waals surface area contributed by atoms with Crippen molar-refractivity contribution in [3.05, 3.63) is 59.7 Å². The Morgan fingerprint density at radius 3 is 2.43 bits per heavy atom. The molecule has 0 amide bonds. The summed E-state index contributed by atoms with van der Waals surface area (Å²) in [5.41, 5.74) is 0.245. The Bertz CT molecular complexity index is 829. The fraction of sp³-hybridized carbons (Fsp3) is 0.0714. The minimum atomic E-state index is -4.23. The molecule has 2 aromatic carbocycles. The summed E-state index contributed by atoms with van der Waals surface area (Å²) in [4.78, 5) is -0.654. The minimum absolute atomic E-state index is 0.115. The van der Waals surface area contributed by atoms with Gasteiger partial charge in [-0.05, 0) is 24.3 Å². The zero-order valence-corrected chi connectivity index (χ0v) is 11.7. The van der Waals surface area contributed by atoms with Gasteiger partial charge in [0.25, 0.3) is 10.0 Å². The predicted molar refractivity (Wildman–Crippen MR) is 73.1 cm³/mol. The number of nitriles is 1. The molecular formula is C14H10F2N2O2S. The fourth-order valence-corrected chi connectivity index (χ4v) is 3.06. The molecule has 0 aromatic heterocycles. The lowest BCUT2D eigenvalue weighted by molar-refractivity contribution is 0.548. The Kier molecular flexibility index (Phi) is 3.91. The maximum Gasteiger partial charge on any atom is 0.267 e. The van der Waals surface area contributed by atoms with Gasteiger partial charge in [-0.1, -0.05) is 12.1 Å². The molecule has 0 saturated carbocycles. The molecule has 0 fully saturated rings. The number of rotatable bonds is 3. The molecule has 0 saturated heterocycles. The number of para-hydroxylation sites is 1. The lowest BCUT2D eigenvalue weighted by Crippen LogP contribution is -2.28. The Balaban J connectivity index is 2.56. The van der Waals surface area contributed by atoms with Crippen LogP contribution in [0.2, 0.25) is 0 Å². The third kappa shape index (κ3) is 2.71. The molecular weight excluding hydrogens is 298 g/mol. The van der Waals surface area contributed by atoms with Crippen molar-refractivity contribution in [2.24, 2.45) is 0 Å². The summed E-state index contributed by atoms with van der Waals surface area (Å²) in [6, 6.07) is 10.1. The van der Waals surface area contributed by atoms with E-state index in [4.69, 9.17) is 5.26 Å². The number of anilines is 1. The maximum atomic E-state index is 13.7. The number of hydrogen-bond donors (Lipinski definition) is 0. The molecule has 0 bridgehead atoms. The third-order valence-electron chi connectivity index (χ3n) is 2.90. The summed E-state index contributed by atoms with van der Waals surface area (Å²) in [5.74, 6) is -2.05. The Hall–Kier alpha value is -2.46. The van der Waals surface area contributed by atoms with Crippen molar-refractivity contribution in [3.8, 4) is 6.07 Å². The van der Waals surface area contributed by atoms with Crippen molar-refractivity contribution < 1.29 is 17.2 Å². The number of hydrogen-bond acceptors (Lipinski definition) is 3. The number of sulfonamides is 1. The van der Waals surface area contributed by atoms with E-state index in [1.54, 1.807) is 12.1 Å². The van der Waals surface area contributed by atoms with Gasteiger partial charge >= 0.3 is 0 Å². The van der Waals surface area contributed by atoms with Crippen LogP contribution in [-0.2, 0) is 10.0 Å². The summed E-state index contributed by atoms with van der Waals surface area (Å²) in [6.45, 7) is 0. The molecule has 2 rings (SSSR count). The lowest BCUT2D eigenvalue weighted by atomic mass is 10.2. The van der Waals surface area contributed by atoms with E-state index in [9.17, 15) is 17.2 Å². The highest BCUT2D eigenvalue weighted by Gasteiger charge is 2.26. The molecule has 0 aliphatic carbocycles. The molecule has 21 heavy (non-hydrogen) atoms. The monoisotopic (exact) mass is 308 g/mol. The molecule has 2 aromatic rings. The van der Waals surface area contributed by atoms with E-state index in [0.29, 0.717) is 6.07 Å². The average Bonchev–Trinajstić information content (AvgIpc) is 2.46. The summed E-state index contributed by atoms with van der Waals surface area (Å²) in [6.07, 6.45) is 0. The quantitative estimate of drug-likeness (QED) is 0.876. The highest BCUT2D eigenvalue weighted by molar-refractivity contribution is 7.92. The number of benzene rings is 2. The van der Waals surface area contributed by atoms with Gasteiger partial charge in [0.1, 0.15) is 22.6 Å². The van der Waals surface area contributed by atoms with Crippen LogP contribution in [-0.4, -0.2) is 15.5 Å². The molecule has 0 N–H and O–H groups in total. The number of nitrogens with zero attached hydrogens (tertiary/aromatic N) is 2. The van der Waals surface area contributed by atoms with Crippen molar-refractivity contribution in [3.63, 3.8) is 0 Å². The van der Waals surface area contributed by atoms with Crippen molar-refractivity contribution in [2.45, 2.75) is 4.90 Å². The van der Waals surface area contributed by atoms with Crippen molar-refractivity contribution >= 4 is 15.7 Å². The molecule has 0 radical (unpaired) electrons. The average molecular weight is 308 g/mol. The van der Waals surface area contributed by atoms with Gasteiger partial charge in [0.15, 0.2) is 0 Å². The zero-order valence-electron chi connectivity index (χ0n) is 10.9. The van der Waals surface area contributed by atoms with Crippen molar-refractivity contribution in [2.75, 3.05) is 11.4 Å². The second-order valence-electron chi connectivity index (χ2n) is 4.18. The van der Waals surface area contributed by atoms with E-state index in [1.807, 2.05) is 6.07 Å². The first-order chi connectivity index (χ1) is 9.87. The van der Waals surface area contributed by atoms with Crippen LogP contribution in [0.1, 0.15) is 5.56 Å². The second kappa shape index (κ2) is 5.50. The van der Waals surface area contributed by atoms with Gasteiger partial charge in [-0.3, -0.25) is 4.31 Å². The van der Waals surface area contributed by atoms with Crippen LogP contribution in [0.25, 0.3) is 0 Å². The summed E-state index contributed by atoms with van der Waals surface area (Å²) >= 11 is 0. The van der Waals surface area contributed by atoms with Crippen LogP contribution in [0, 0.1) is 23.0 Å². The van der Waals surface area contributed by atoms with Gasteiger partial charge in [-0.25, -0.2) is 17.2 Å². The smallest absolute Gasteiger partial charge is 0.267 e. The van der Waals surface area contributed by atoms with E-state index >= 15 is 0 Å². The molecule has 4 nitrogen and oxygen atoms in total. The molecule has 0 unspecified atom stereocenters. The third-order valence-corrected chi connectivity index (χ3v) is 4.70. The molecule has 0 aliphatic rings. The summed E-state index contributed by atoms with van der Waals surface area (Å²) in [7, 11) is -3.03. The fourth-order valence-electron chi connectivity index (χ4n) is 1.80. The summed E-state index contributed by atoms with van der Waals surface area (Å²) < 4.78 is 52.1. The lowest BCUT2D eigenvalue weighted by Gasteiger charge is -2.20. The molecule has 0 atom stereocenters. The van der Waals surface area contributed by atoms with E-state index in [1.165, 1.54) is 19.2 Å². The highest BCUT2D eigenvalue weighted by Crippen LogP contribution is 2.26. The van der Waals surface area contributed by atoms with E-state index in [-0.39, 0.29) is 11.3 Å². The van der Waals surface area contributed by atoms with Gasteiger partial charge in [0.2, 0.25) is 0 Å². The predicted octanol–water partition coefficient (Wildman–Crippen LogP) is 2.66. The van der Waals surface area contributed by atoms with Crippen LogP contribution in [0.4, 0.5) is 14.5 Å². The van der Waals surface area contributed by atoms with E-state index in [0.717, 1.165) is 16.4 Å². The van der Waals surface area contributed by atoms with Crippen molar-refractivity contribution in [1.29, 1.82) is 5.26 Å². The van der Waals surface area contributed by atoms with Gasteiger partial charge in [-0.15, -0.1) is 0 Å². The first-order valence-corrected chi connectivity index (χ1v) is 7.25. The first-order valence-electron chi connectivity index (χ1n) is 5.81. The summed E-state index contributed by atoms with van der Waals surface area (Å²) in [5, 5.41) is 9.00. The Morgan fingerprint density at radius 2 is 1.81 bits per heavy atom. The molecule has 0 heterocycles. The van der Waals surface area contributed by atoms with E-state index < -0.39 is 26.6 Å². The minimum Gasteiger partial charge on any atom is -0.268 e. The largest absolute Gasteiger partial charge is 0.268 e. The highest BCUT2D eigenvalue weighted by atomic mass is 32.2. The van der Waals surface area contributed by atoms with Crippen molar-refractivity contribution in [1.82, 2.24) is 0 Å². The standard InChI is InChI=1S/C14H10F2N2O2S/c1-18(13-5-3-2-4-10(13)9-17)21(19,20)14-7-6-11(15)8-12(14)16/h2-8H,1H3. The molecule has 0 spiro atoms.